The number of halogens is 2. The molecule has 1 aliphatic rings. The summed E-state index contributed by atoms with van der Waals surface area (Å²) < 4.78 is 6.15. The van der Waals surface area contributed by atoms with E-state index in [0.717, 1.165) is 13.2 Å². The van der Waals surface area contributed by atoms with Gasteiger partial charge < -0.3 is 9.42 Å². The average Bonchev–Trinajstić information content (AvgIpc) is 2.79. The van der Waals surface area contributed by atoms with Gasteiger partial charge in [0.25, 0.3) is 0 Å². The zero-order valence-electron chi connectivity index (χ0n) is 19.5. The molecule has 1 saturated carbocycles. The summed E-state index contributed by atoms with van der Waals surface area (Å²) in [7, 11) is 13.1. The van der Waals surface area contributed by atoms with Gasteiger partial charge in [0.1, 0.15) is 0 Å². The Balaban J connectivity index is 0.000000330. The van der Waals surface area contributed by atoms with Crippen LogP contribution in [-0.4, -0.2) is 32.1 Å². The van der Waals surface area contributed by atoms with E-state index in [1.165, 1.54) is 22.4 Å². The number of rotatable bonds is 7. The van der Waals surface area contributed by atoms with Crippen LogP contribution in [0.5, 0.6) is 0 Å². The van der Waals surface area contributed by atoms with Gasteiger partial charge in [-0.25, -0.2) is 0 Å². The van der Waals surface area contributed by atoms with Crippen LogP contribution in [-0.2, 0) is 19.7 Å². The molecule has 1 fully saturated rings. The molecule has 3 rings (SSSR count). The molecule has 2 aromatic carbocycles. The molecule has 2 aromatic rings. The quantitative estimate of drug-likeness (QED) is 0.270. The molecule has 0 aliphatic heterocycles. The van der Waals surface area contributed by atoms with Crippen molar-refractivity contribution in [3.05, 3.63) is 98.2 Å². The van der Waals surface area contributed by atoms with Gasteiger partial charge in [-0.15, -0.1) is 0 Å². The van der Waals surface area contributed by atoms with Crippen LogP contribution in [0.3, 0.4) is 0 Å². The summed E-state index contributed by atoms with van der Waals surface area (Å²) in [4.78, 5) is 2.14. The fourth-order valence-electron chi connectivity index (χ4n) is 2.69. The normalized spacial score (nSPS) is 14.8. The second-order valence-electron chi connectivity index (χ2n) is 7.72. The molecule has 0 spiro atoms. The van der Waals surface area contributed by atoms with E-state index in [4.69, 9.17) is 23.9 Å². The van der Waals surface area contributed by atoms with Crippen LogP contribution in [0.4, 0.5) is 0 Å². The van der Waals surface area contributed by atoms with Crippen LogP contribution in [0, 0.1) is 43.4 Å². The van der Waals surface area contributed by atoms with Gasteiger partial charge in [-0.05, 0) is 57.5 Å². The van der Waals surface area contributed by atoms with E-state index in [9.17, 15) is 0 Å². The molecule has 6 radical (unpaired) electrons. The minimum absolute atomic E-state index is 0.346. The second kappa shape index (κ2) is 18.3. The summed E-state index contributed by atoms with van der Waals surface area (Å²) in [5.74, 6) is 3.41. The summed E-state index contributed by atoms with van der Waals surface area (Å²) in [5, 5.41) is 2.53. The third kappa shape index (κ3) is 13.0. The molecule has 0 saturated heterocycles. The van der Waals surface area contributed by atoms with Crippen LogP contribution >= 0.6 is 27.5 Å². The molecule has 2 nitrogen and oxygen atoms in total. The van der Waals surface area contributed by atoms with Crippen molar-refractivity contribution in [2.24, 2.45) is 5.92 Å². The average molecular weight is 580 g/mol. The Kier molecular flexibility index (Phi) is 17.2. The van der Waals surface area contributed by atoms with Crippen molar-refractivity contribution < 1.29 is 19.7 Å². The number of hydrogen-bond donors (Lipinski definition) is 0. The molecule has 0 atom stereocenters. The molecule has 32 heavy (non-hydrogen) atoms. The molecular formula is C26H34Cl2NOPRu. The molecule has 0 bridgehead atoms. The summed E-state index contributed by atoms with van der Waals surface area (Å²) in [5.41, 5.74) is 0. The van der Waals surface area contributed by atoms with Gasteiger partial charge in [0.05, 0.1) is 14.8 Å². The van der Waals surface area contributed by atoms with Crippen molar-refractivity contribution in [2.75, 3.05) is 27.2 Å². The molecule has 176 valence electrons. The fourth-order valence-corrected chi connectivity index (χ4v) is 4.44. The second-order valence-corrected chi connectivity index (χ2v) is 12.2. The minimum atomic E-state index is -0.708. The van der Waals surface area contributed by atoms with E-state index in [1.54, 1.807) is 0 Å². The molecule has 0 N–H and O–H groups in total. The third-order valence-electron chi connectivity index (χ3n) is 4.48. The zero-order chi connectivity index (χ0) is 23.8. The van der Waals surface area contributed by atoms with Crippen molar-refractivity contribution in [2.45, 2.75) is 20.8 Å². The standard InChI is InChI=1S/C16H20NOP.C10H14.2ClH.Ru/c1-17(2)13-14-18-19(15-9-5-3-6-10-15)16-11-7-4-8-12-16;1-8(2)10-6-4-9(3)5-7-10;;;/h3-12H,13-14H2,1-2H3;4-8H,1-3H3;2*1H;/q;;;;+2/p-2. The number of likely N-dealkylation sites (N-methyl/N-ethyl adjacent to an activating group) is 1. The van der Waals surface area contributed by atoms with E-state index < -0.39 is 8.15 Å². The Hall–Kier alpha value is -0.00662. The Morgan fingerprint density at radius 1 is 0.844 bits per heavy atom. The van der Waals surface area contributed by atoms with Crippen molar-refractivity contribution in [3.8, 4) is 0 Å². The van der Waals surface area contributed by atoms with E-state index >= 15 is 0 Å². The number of hydrogen-bond acceptors (Lipinski definition) is 2. The SMILES string of the molecule is CN(C)CCOP(c1ccccc1)c1ccccc1.C[C]1[CH][CH][C](C(C)C)[CH][CH]1.[Cl][Ru][Cl]. The van der Waals surface area contributed by atoms with Crippen LogP contribution in [0.1, 0.15) is 20.8 Å². The van der Waals surface area contributed by atoms with E-state index in [1.807, 2.05) is 12.1 Å². The molecule has 1 aliphatic carbocycles. The maximum absolute atomic E-state index is 6.15. The van der Waals surface area contributed by atoms with Crippen LogP contribution in [0.15, 0.2) is 60.7 Å². The summed E-state index contributed by atoms with van der Waals surface area (Å²) in [6.45, 7) is 8.24. The molecular weight excluding hydrogens is 545 g/mol. The monoisotopic (exact) mass is 579 g/mol. The van der Waals surface area contributed by atoms with Crippen molar-refractivity contribution in [1.82, 2.24) is 4.90 Å². The van der Waals surface area contributed by atoms with E-state index in [-0.39, 0.29) is 15.1 Å². The predicted octanol–water partition coefficient (Wildman–Crippen LogP) is 6.63. The summed E-state index contributed by atoms with van der Waals surface area (Å²) in [6, 6.07) is 21.0. The van der Waals surface area contributed by atoms with Crippen molar-refractivity contribution >= 4 is 38.1 Å². The van der Waals surface area contributed by atoms with Crippen molar-refractivity contribution in [3.63, 3.8) is 0 Å². The Morgan fingerprint density at radius 2 is 1.28 bits per heavy atom. The molecule has 0 amide bonds. The molecule has 0 unspecified atom stereocenters. The van der Waals surface area contributed by atoms with E-state index in [0.29, 0.717) is 5.92 Å². The van der Waals surface area contributed by atoms with Crippen LogP contribution in [0.2, 0.25) is 0 Å². The maximum atomic E-state index is 6.15. The first-order valence-corrected chi connectivity index (χ1v) is 16.2. The first-order valence-electron chi connectivity index (χ1n) is 10.5. The van der Waals surface area contributed by atoms with Gasteiger partial charge in [0, 0.05) is 17.2 Å². The topological polar surface area (TPSA) is 12.5 Å². The first kappa shape index (κ1) is 30.0. The van der Waals surface area contributed by atoms with Crippen LogP contribution < -0.4 is 10.6 Å². The van der Waals surface area contributed by atoms with Crippen LogP contribution in [0.25, 0.3) is 0 Å². The number of nitrogens with zero attached hydrogens (tertiary/aromatic N) is 1. The summed E-state index contributed by atoms with van der Waals surface area (Å²) in [6.07, 6.45) is 8.71. The van der Waals surface area contributed by atoms with Crippen molar-refractivity contribution in [1.29, 1.82) is 0 Å². The number of benzene rings is 2. The Morgan fingerprint density at radius 3 is 1.66 bits per heavy atom. The van der Waals surface area contributed by atoms with Gasteiger partial charge in [-0.3, -0.25) is 0 Å². The van der Waals surface area contributed by atoms with Gasteiger partial charge in [0.2, 0.25) is 0 Å². The Bertz CT molecular complexity index is 643. The third-order valence-corrected chi connectivity index (χ3v) is 6.46. The Labute approximate surface area is 213 Å². The first-order chi connectivity index (χ1) is 15.4. The molecule has 0 aromatic heterocycles. The fraction of sp³-hybridized carbons (Fsp3) is 0.308. The summed E-state index contributed by atoms with van der Waals surface area (Å²) >= 11 is -0.346. The van der Waals surface area contributed by atoms with Gasteiger partial charge in [0.15, 0.2) is 0 Å². The molecule has 0 heterocycles. The zero-order valence-corrected chi connectivity index (χ0v) is 23.6. The molecule has 6 heteroatoms. The van der Waals surface area contributed by atoms with E-state index in [2.05, 4.69) is 114 Å². The predicted molar refractivity (Wildman–Crippen MR) is 139 cm³/mol. The van der Waals surface area contributed by atoms with Gasteiger partial charge >= 0.3 is 34.5 Å². The van der Waals surface area contributed by atoms with Gasteiger partial charge in [-0.1, -0.05) is 81.4 Å². The van der Waals surface area contributed by atoms with Gasteiger partial charge in [-0.2, -0.15) is 0 Å².